The molecule has 33 heavy (non-hydrogen) atoms. The number of fused-ring (bicyclic) bond motifs is 1. The molecule has 1 saturated heterocycles. The van der Waals surface area contributed by atoms with Gasteiger partial charge in [0.05, 0.1) is 13.2 Å². The number of H-pyrrole nitrogens is 1. The Labute approximate surface area is 202 Å². The fourth-order valence-electron chi connectivity index (χ4n) is 4.88. The van der Waals surface area contributed by atoms with E-state index in [0.29, 0.717) is 11.3 Å². The number of aryl methyl sites for hydroxylation is 2. The summed E-state index contributed by atoms with van der Waals surface area (Å²) >= 11 is 3.56. The molecule has 1 amide bonds. The van der Waals surface area contributed by atoms with E-state index in [1.807, 2.05) is 43.5 Å². The van der Waals surface area contributed by atoms with Crippen LogP contribution in [-0.4, -0.2) is 46.5 Å². The van der Waals surface area contributed by atoms with Crippen molar-refractivity contribution in [2.24, 2.45) is 0 Å². The van der Waals surface area contributed by atoms with Gasteiger partial charge in [0.2, 0.25) is 0 Å². The number of ether oxygens (including phenoxy) is 1. The van der Waals surface area contributed by atoms with E-state index in [4.69, 9.17) is 4.74 Å². The minimum absolute atomic E-state index is 0.162. The molecule has 8 heteroatoms. The fourth-order valence-corrected chi connectivity index (χ4v) is 5.32. The van der Waals surface area contributed by atoms with Gasteiger partial charge < -0.3 is 19.4 Å². The molecule has 4 heterocycles. The number of hydrogen-bond donors (Lipinski definition) is 2. The van der Waals surface area contributed by atoms with Crippen molar-refractivity contribution in [1.29, 1.82) is 0 Å². The van der Waals surface area contributed by atoms with E-state index in [0.717, 1.165) is 65.1 Å². The molecular weight excluding hydrogens is 484 g/mol. The van der Waals surface area contributed by atoms with Crippen LogP contribution in [0.4, 0.5) is 0 Å². The number of halogens is 1. The zero-order valence-electron chi connectivity index (χ0n) is 19.6. The summed E-state index contributed by atoms with van der Waals surface area (Å²) in [6.07, 6.45) is 2.86. The third-order valence-electron chi connectivity index (χ3n) is 6.52. The van der Waals surface area contributed by atoms with Crippen LogP contribution in [0.25, 0.3) is 5.52 Å². The van der Waals surface area contributed by atoms with Gasteiger partial charge in [-0.2, -0.15) is 0 Å². The summed E-state index contributed by atoms with van der Waals surface area (Å²) in [4.78, 5) is 31.2. The van der Waals surface area contributed by atoms with Gasteiger partial charge in [-0.1, -0.05) is 6.92 Å². The molecule has 1 unspecified atom stereocenters. The van der Waals surface area contributed by atoms with Crippen LogP contribution in [0.5, 0.6) is 0 Å². The van der Waals surface area contributed by atoms with Crippen LogP contribution in [0, 0.1) is 20.8 Å². The zero-order chi connectivity index (χ0) is 23.7. The van der Waals surface area contributed by atoms with E-state index in [1.54, 1.807) is 0 Å². The van der Waals surface area contributed by atoms with Crippen LogP contribution < -0.4 is 10.9 Å². The van der Waals surface area contributed by atoms with Crippen LogP contribution in [0.3, 0.4) is 0 Å². The maximum Gasteiger partial charge on any atom is 0.268 e. The molecule has 4 rings (SSSR count). The Hall–Kier alpha value is -2.42. The largest absolute Gasteiger partial charge is 0.379 e. The standard InChI is InChI=1S/C25H31BrN4O3/c1-5-22(29-6-8-33-9-7-29)20-12-19-11-18(26)14-30(19)23(17(20)4)25(32)27-13-21-15(2)10-16(3)28-24(21)31/h10-12,14,22H,5-9,13H2,1-4H3,(H,27,32)(H,28,31). The summed E-state index contributed by atoms with van der Waals surface area (Å²) in [6.45, 7) is 11.3. The van der Waals surface area contributed by atoms with E-state index in [1.165, 1.54) is 0 Å². The molecule has 3 aromatic rings. The highest BCUT2D eigenvalue weighted by atomic mass is 79.9. The highest BCUT2D eigenvalue weighted by Gasteiger charge is 2.26. The zero-order valence-corrected chi connectivity index (χ0v) is 21.2. The Morgan fingerprint density at radius 3 is 2.61 bits per heavy atom. The van der Waals surface area contributed by atoms with Gasteiger partial charge in [-0.05, 0) is 78.0 Å². The molecule has 0 saturated carbocycles. The molecule has 0 aliphatic carbocycles. The van der Waals surface area contributed by atoms with Crippen LogP contribution in [-0.2, 0) is 11.3 Å². The Bertz CT molecular complexity index is 1240. The van der Waals surface area contributed by atoms with Crippen molar-refractivity contribution >= 4 is 27.4 Å². The topological polar surface area (TPSA) is 78.8 Å². The number of carbonyl (C=O) groups is 1. The van der Waals surface area contributed by atoms with Gasteiger partial charge in [-0.15, -0.1) is 0 Å². The fraction of sp³-hybridized carbons (Fsp3) is 0.440. The molecule has 1 atom stereocenters. The third-order valence-corrected chi connectivity index (χ3v) is 6.95. The Morgan fingerprint density at radius 2 is 1.94 bits per heavy atom. The van der Waals surface area contributed by atoms with Crippen LogP contribution in [0.1, 0.15) is 57.8 Å². The highest BCUT2D eigenvalue weighted by Crippen LogP contribution is 2.32. The lowest BCUT2D eigenvalue weighted by Gasteiger charge is -2.35. The number of hydrogen-bond acceptors (Lipinski definition) is 4. The summed E-state index contributed by atoms with van der Waals surface area (Å²) in [6, 6.07) is 6.35. The smallest absolute Gasteiger partial charge is 0.268 e. The van der Waals surface area contributed by atoms with Gasteiger partial charge in [0.15, 0.2) is 0 Å². The molecule has 7 nitrogen and oxygen atoms in total. The maximum atomic E-state index is 13.5. The number of morpholine rings is 1. The van der Waals surface area contributed by atoms with Gasteiger partial charge in [-0.3, -0.25) is 14.5 Å². The molecule has 0 bridgehead atoms. The van der Waals surface area contributed by atoms with E-state index < -0.39 is 0 Å². The van der Waals surface area contributed by atoms with Crippen molar-refractivity contribution in [2.45, 2.75) is 46.7 Å². The predicted octanol–water partition coefficient (Wildman–Crippen LogP) is 4.03. The van der Waals surface area contributed by atoms with Crippen molar-refractivity contribution in [3.63, 3.8) is 0 Å². The van der Waals surface area contributed by atoms with Gasteiger partial charge in [0.1, 0.15) is 5.69 Å². The lowest BCUT2D eigenvalue weighted by molar-refractivity contribution is 0.0151. The first-order chi connectivity index (χ1) is 15.8. The first-order valence-corrected chi connectivity index (χ1v) is 12.2. The Kier molecular flexibility index (Phi) is 7.07. The minimum Gasteiger partial charge on any atom is -0.379 e. The molecule has 176 valence electrons. The van der Waals surface area contributed by atoms with Gasteiger partial charge in [-0.25, -0.2) is 0 Å². The number of amides is 1. The van der Waals surface area contributed by atoms with Crippen LogP contribution in [0.2, 0.25) is 0 Å². The van der Waals surface area contributed by atoms with Gasteiger partial charge in [0.25, 0.3) is 11.5 Å². The molecule has 3 aromatic heterocycles. The monoisotopic (exact) mass is 514 g/mol. The minimum atomic E-state index is -0.196. The molecular formula is C25H31BrN4O3. The summed E-state index contributed by atoms with van der Waals surface area (Å²) in [5, 5.41) is 2.99. The van der Waals surface area contributed by atoms with Crippen molar-refractivity contribution in [1.82, 2.24) is 19.6 Å². The summed E-state index contributed by atoms with van der Waals surface area (Å²) in [5.74, 6) is -0.196. The number of carbonyl (C=O) groups excluding carboxylic acids is 1. The molecule has 1 aliphatic heterocycles. The van der Waals surface area contributed by atoms with Crippen LogP contribution >= 0.6 is 15.9 Å². The third kappa shape index (κ3) is 4.78. The van der Waals surface area contributed by atoms with E-state index in [9.17, 15) is 9.59 Å². The number of aromatic amines is 1. The quantitative estimate of drug-likeness (QED) is 0.520. The van der Waals surface area contributed by atoms with Crippen molar-refractivity contribution in [3.8, 4) is 0 Å². The van der Waals surface area contributed by atoms with Crippen LogP contribution in [0.15, 0.2) is 33.7 Å². The van der Waals surface area contributed by atoms with Crippen molar-refractivity contribution in [3.05, 3.63) is 72.9 Å². The molecule has 0 radical (unpaired) electrons. The second kappa shape index (κ2) is 9.83. The molecule has 1 fully saturated rings. The lowest BCUT2D eigenvalue weighted by atomic mass is 9.96. The normalized spacial score (nSPS) is 15.7. The number of nitrogens with one attached hydrogen (secondary N) is 2. The second-order valence-electron chi connectivity index (χ2n) is 8.72. The Balaban J connectivity index is 1.72. The van der Waals surface area contributed by atoms with Gasteiger partial charge >= 0.3 is 0 Å². The average molecular weight is 515 g/mol. The summed E-state index contributed by atoms with van der Waals surface area (Å²) in [7, 11) is 0. The average Bonchev–Trinajstić information content (AvgIpc) is 3.14. The highest BCUT2D eigenvalue weighted by molar-refractivity contribution is 9.10. The molecule has 0 aromatic carbocycles. The Morgan fingerprint density at radius 1 is 1.21 bits per heavy atom. The number of aromatic nitrogens is 2. The number of nitrogens with zero attached hydrogens (tertiary/aromatic N) is 2. The van der Waals surface area contributed by atoms with E-state index >= 15 is 0 Å². The second-order valence-corrected chi connectivity index (χ2v) is 9.64. The SMILES string of the molecule is CCC(c1cc2cc(Br)cn2c(C(=O)NCc2c(C)cc(C)[nH]c2=O)c1C)N1CCOCC1. The summed E-state index contributed by atoms with van der Waals surface area (Å²) < 4.78 is 8.39. The summed E-state index contributed by atoms with van der Waals surface area (Å²) in [5.41, 5.74) is 5.77. The predicted molar refractivity (Wildman–Crippen MR) is 133 cm³/mol. The van der Waals surface area contributed by atoms with Gasteiger partial charge in [0, 0.05) is 53.1 Å². The maximum absolute atomic E-state index is 13.5. The van der Waals surface area contributed by atoms with E-state index in [-0.39, 0.29) is 24.1 Å². The molecule has 1 aliphatic rings. The number of rotatable bonds is 6. The van der Waals surface area contributed by atoms with Crippen molar-refractivity contribution < 1.29 is 9.53 Å². The first kappa shape index (κ1) is 23.7. The first-order valence-electron chi connectivity index (χ1n) is 11.4. The lowest BCUT2D eigenvalue weighted by Crippen LogP contribution is -2.39. The van der Waals surface area contributed by atoms with Crippen molar-refractivity contribution in [2.75, 3.05) is 26.3 Å². The molecule has 2 N–H and O–H groups in total. The van der Waals surface area contributed by atoms with E-state index in [2.05, 4.69) is 44.1 Å². The number of pyridine rings is 2. The molecule has 0 spiro atoms.